The van der Waals surface area contributed by atoms with Gasteiger partial charge in [-0.05, 0) is 0 Å². The molecule has 0 aromatic rings. The summed E-state index contributed by atoms with van der Waals surface area (Å²) in [5.74, 6) is -0.833. The van der Waals surface area contributed by atoms with Crippen LogP contribution in [0.25, 0.3) is 0 Å². The van der Waals surface area contributed by atoms with Gasteiger partial charge in [0, 0.05) is 0 Å². The van der Waals surface area contributed by atoms with Gasteiger partial charge in [-0.3, -0.25) is 0 Å². The molecule has 0 aromatic heterocycles. The fourth-order valence-electron chi connectivity index (χ4n) is 0.237. The van der Waals surface area contributed by atoms with Gasteiger partial charge in [-0.25, -0.2) is 4.79 Å². The van der Waals surface area contributed by atoms with Crippen LogP contribution in [0.1, 0.15) is 0 Å². The summed E-state index contributed by atoms with van der Waals surface area (Å²) in [6, 6.07) is 1.44. The SMILES string of the molecule is COC(=O)/C(C#N)=C\O. The van der Waals surface area contributed by atoms with E-state index in [2.05, 4.69) is 4.74 Å². The highest BCUT2D eigenvalue weighted by Crippen LogP contribution is 1.91. The van der Waals surface area contributed by atoms with Crippen molar-refractivity contribution in [2.24, 2.45) is 0 Å². The zero-order valence-electron chi connectivity index (χ0n) is 4.79. The van der Waals surface area contributed by atoms with E-state index in [0.717, 1.165) is 7.11 Å². The summed E-state index contributed by atoms with van der Waals surface area (Å²) in [7, 11) is 1.13. The van der Waals surface area contributed by atoms with Gasteiger partial charge in [-0.1, -0.05) is 0 Å². The summed E-state index contributed by atoms with van der Waals surface area (Å²) >= 11 is 0. The minimum Gasteiger partial charge on any atom is -0.514 e. The largest absolute Gasteiger partial charge is 0.514 e. The molecule has 0 heterocycles. The van der Waals surface area contributed by atoms with Crippen LogP contribution in [0.4, 0.5) is 0 Å². The molecule has 0 rings (SSSR count). The van der Waals surface area contributed by atoms with Crippen LogP contribution in [0.3, 0.4) is 0 Å². The van der Waals surface area contributed by atoms with Crippen LogP contribution in [-0.4, -0.2) is 18.2 Å². The van der Waals surface area contributed by atoms with Crippen molar-refractivity contribution in [1.29, 1.82) is 5.26 Å². The lowest BCUT2D eigenvalue weighted by molar-refractivity contribution is -0.135. The maximum absolute atomic E-state index is 10.3. The molecule has 4 heteroatoms. The van der Waals surface area contributed by atoms with Crippen molar-refractivity contribution in [2.45, 2.75) is 0 Å². The predicted octanol–water partition coefficient (Wildman–Crippen LogP) is 0.125. The number of hydrogen-bond donors (Lipinski definition) is 1. The van der Waals surface area contributed by atoms with Gasteiger partial charge in [-0.2, -0.15) is 5.26 Å². The second-order valence-corrected chi connectivity index (χ2v) is 1.15. The lowest BCUT2D eigenvalue weighted by Gasteiger charge is -1.90. The number of nitrogens with zero attached hydrogens (tertiary/aromatic N) is 1. The monoisotopic (exact) mass is 127 g/mol. The molecule has 4 nitrogen and oxygen atoms in total. The summed E-state index contributed by atoms with van der Waals surface area (Å²) < 4.78 is 4.10. The van der Waals surface area contributed by atoms with Gasteiger partial charge in [0.2, 0.25) is 0 Å². The molecule has 0 aliphatic rings. The summed E-state index contributed by atoms with van der Waals surface area (Å²) in [5.41, 5.74) is -0.405. The number of hydrogen-bond acceptors (Lipinski definition) is 4. The fraction of sp³-hybridized carbons (Fsp3) is 0.200. The highest BCUT2D eigenvalue weighted by Gasteiger charge is 2.06. The molecule has 0 aromatic carbocycles. The Kier molecular flexibility index (Phi) is 2.91. The summed E-state index contributed by atoms with van der Waals surface area (Å²) in [4.78, 5) is 10.3. The third-order valence-electron chi connectivity index (χ3n) is 0.655. The number of carbonyl (C=O) groups is 1. The summed E-state index contributed by atoms with van der Waals surface area (Å²) in [6.07, 6.45) is 0.409. The molecule has 0 aliphatic heterocycles. The minimum absolute atomic E-state index is 0.405. The molecule has 0 saturated carbocycles. The summed E-state index contributed by atoms with van der Waals surface area (Å²) in [5, 5.41) is 16.2. The van der Waals surface area contributed by atoms with E-state index < -0.39 is 11.5 Å². The van der Waals surface area contributed by atoms with Crippen LogP contribution < -0.4 is 0 Å². The maximum atomic E-state index is 10.3. The third kappa shape index (κ3) is 1.82. The van der Waals surface area contributed by atoms with Gasteiger partial charge in [0.15, 0.2) is 5.57 Å². The zero-order valence-corrected chi connectivity index (χ0v) is 4.79. The number of methoxy groups -OCH3 is 1. The fourth-order valence-corrected chi connectivity index (χ4v) is 0.237. The maximum Gasteiger partial charge on any atom is 0.351 e. The van der Waals surface area contributed by atoms with E-state index in [1.54, 1.807) is 0 Å². The van der Waals surface area contributed by atoms with Gasteiger partial charge in [-0.15, -0.1) is 0 Å². The molecule has 0 fully saturated rings. The quantitative estimate of drug-likeness (QED) is 0.235. The average Bonchev–Trinajstić information content (AvgIpc) is 1.90. The molecule has 0 radical (unpaired) electrons. The number of aliphatic hydroxyl groups is 1. The Morgan fingerprint density at radius 3 is 2.56 bits per heavy atom. The predicted molar refractivity (Wildman–Crippen MR) is 28.3 cm³/mol. The highest BCUT2D eigenvalue weighted by atomic mass is 16.5. The molecular formula is C5H5NO3. The van der Waals surface area contributed by atoms with E-state index in [-0.39, 0.29) is 0 Å². The average molecular weight is 127 g/mol. The topological polar surface area (TPSA) is 70.3 Å². The number of carbonyl (C=O) groups excluding carboxylic acids is 1. The first-order chi connectivity index (χ1) is 4.26. The highest BCUT2D eigenvalue weighted by molar-refractivity contribution is 5.92. The van der Waals surface area contributed by atoms with Crippen molar-refractivity contribution in [3.63, 3.8) is 0 Å². The van der Waals surface area contributed by atoms with E-state index in [1.807, 2.05) is 0 Å². The van der Waals surface area contributed by atoms with Crippen LogP contribution in [0, 0.1) is 11.3 Å². The number of ether oxygens (including phenoxy) is 1. The van der Waals surface area contributed by atoms with Gasteiger partial charge in [0.1, 0.15) is 12.3 Å². The first-order valence-corrected chi connectivity index (χ1v) is 2.09. The molecule has 0 spiro atoms. The molecular weight excluding hydrogens is 122 g/mol. The van der Waals surface area contributed by atoms with Crippen molar-refractivity contribution in [2.75, 3.05) is 7.11 Å². The molecule has 0 amide bonds. The third-order valence-corrected chi connectivity index (χ3v) is 0.655. The standard InChI is InChI=1S/C5H5NO3/c1-9-5(8)4(2-6)3-7/h3,7H,1H3/b4-3-. The lowest BCUT2D eigenvalue weighted by atomic mass is 10.3. The van der Waals surface area contributed by atoms with E-state index in [0.29, 0.717) is 6.26 Å². The van der Waals surface area contributed by atoms with E-state index >= 15 is 0 Å². The van der Waals surface area contributed by atoms with E-state index in [4.69, 9.17) is 10.4 Å². The minimum atomic E-state index is -0.833. The Labute approximate surface area is 52.0 Å². The molecule has 0 atom stereocenters. The van der Waals surface area contributed by atoms with Crippen molar-refractivity contribution in [3.8, 4) is 6.07 Å². The molecule has 48 valence electrons. The Hall–Kier alpha value is -1.50. The Morgan fingerprint density at radius 2 is 2.44 bits per heavy atom. The first kappa shape index (κ1) is 7.50. The van der Waals surface area contributed by atoms with Crippen molar-refractivity contribution in [3.05, 3.63) is 11.8 Å². The second kappa shape index (κ2) is 3.50. The Morgan fingerprint density at radius 1 is 1.89 bits per heavy atom. The molecule has 1 N–H and O–H groups in total. The Bertz CT molecular complexity index is 177. The van der Waals surface area contributed by atoms with Crippen LogP contribution in [0.2, 0.25) is 0 Å². The first-order valence-electron chi connectivity index (χ1n) is 2.09. The Balaban J connectivity index is 4.19. The van der Waals surface area contributed by atoms with Gasteiger partial charge < -0.3 is 9.84 Å². The van der Waals surface area contributed by atoms with Crippen molar-refractivity contribution in [1.82, 2.24) is 0 Å². The normalized spacial score (nSPS) is 10.0. The molecule has 0 unspecified atom stereocenters. The van der Waals surface area contributed by atoms with Gasteiger partial charge in [0.25, 0.3) is 0 Å². The lowest BCUT2D eigenvalue weighted by Crippen LogP contribution is -2.02. The molecule has 0 aliphatic carbocycles. The van der Waals surface area contributed by atoms with E-state index in [9.17, 15) is 4.79 Å². The molecule has 9 heavy (non-hydrogen) atoms. The number of rotatable bonds is 1. The van der Waals surface area contributed by atoms with Gasteiger partial charge in [0.05, 0.1) is 7.11 Å². The molecule has 0 saturated heterocycles. The number of nitriles is 1. The van der Waals surface area contributed by atoms with Crippen LogP contribution in [0.5, 0.6) is 0 Å². The van der Waals surface area contributed by atoms with Crippen LogP contribution >= 0.6 is 0 Å². The number of esters is 1. The van der Waals surface area contributed by atoms with Crippen LogP contribution in [0.15, 0.2) is 11.8 Å². The molecule has 0 bridgehead atoms. The second-order valence-electron chi connectivity index (χ2n) is 1.15. The van der Waals surface area contributed by atoms with Gasteiger partial charge >= 0.3 is 5.97 Å². The smallest absolute Gasteiger partial charge is 0.351 e. The van der Waals surface area contributed by atoms with E-state index in [1.165, 1.54) is 6.07 Å². The number of aliphatic hydroxyl groups excluding tert-OH is 1. The summed E-state index contributed by atoms with van der Waals surface area (Å²) in [6.45, 7) is 0. The zero-order chi connectivity index (χ0) is 7.28. The van der Waals surface area contributed by atoms with Crippen molar-refractivity contribution >= 4 is 5.97 Å². The van der Waals surface area contributed by atoms with Crippen molar-refractivity contribution < 1.29 is 14.6 Å². The van der Waals surface area contributed by atoms with Crippen LogP contribution in [-0.2, 0) is 9.53 Å².